The summed E-state index contributed by atoms with van der Waals surface area (Å²) in [4.78, 5) is 30.9. The van der Waals surface area contributed by atoms with Gasteiger partial charge in [0, 0.05) is 31.2 Å². The molecule has 2 aliphatic rings. The maximum Gasteiger partial charge on any atom is 0.522 e. The number of furan rings is 1. The number of alkyl halides is 3. The standard InChI is InChI=1S/C25H32F3N3O4/c26-25(27,28)35-20-7-2-1-6-19(20)24(33)31-13-9-17(10-14-31)5-3-4-11-30-23(32)21-15-18-8-12-29-16-22(18)34-21/h8,12,15-17,19-20H,1-7,9-11,13-14H2,(H,30,32). The number of amides is 2. The molecule has 192 valence electrons. The molecule has 2 aromatic rings. The van der Waals surface area contributed by atoms with E-state index in [1.807, 2.05) is 0 Å². The lowest BCUT2D eigenvalue weighted by Crippen LogP contribution is -2.47. The molecule has 7 nitrogen and oxygen atoms in total. The van der Waals surface area contributed by atoms with Crippen LogP contribution in [0.25, 0.3) is 11.0 Å². The van der Waals surface area contributed by atoms with Crippen molar-refractivity contribution < 1.29 is 31.9 Å². The van der Waals surface area contributed by atoms with Crippen LogP contribution in [0.1, 0.15) is 68.3 Å². The molecule has 1 saturated carbocycles. The second-order valence-electron chi connectivity index (χ2n) is 9.54. The van der Waals surface area contributed by atoms with E-state index in [2.05, 4.69) is 15.0 Å². The molecule has 0 bridgehead atoms. The summed E-state index contributed by atoms with van der Waals surface area (Å²) < 4.78 is 48.0. The summed E-state index contributed by atoms with van der Waals surface area (Å²) in [6.07, 6.45) is 4.08. The zero-order chi connectivity index (χ0) is 24.8. The van der Waals surface area contributed by atoms with Gasteiger partial charge in [0.25, 0.3) is 5.91 Å². The third-order valence-electron chi connectivity index (χ3n) is 7.10. The Morgan fingerprint density at radius 1 is 1.14 bits per heavy atom. The monoisotopic (exact) mass is 495 g/mol. The van der Waals surface area contributed by atoms with Gasteiger partial charge < -0.3 is 14.6 Å². The van der Waals surface area contributed by atoms with Crippen molar-refractivity contribution >= 4 is 22.8 Å². The van der Waals surface area contributed by atoms with Gasteiger partial charge in [-0.2, -0.15) is 0 Å². The van der Waals surface area contributed by atoms with Gasteiger partial charge in [0.1, 0.15) is 0 Å². The largest absolute Gasteiger partial charge is 0.522 e. The van der Waals surface area contributed by atoms with Crippen molar-refractivity contribution in [3.63, 3.8) is 0 Å². The van der Waals surface area contributed by atoms with E-state index in [-0.39, 0.29) is 24.0 Å². The molecule has 1 N–H and O–H groups in total. The molecule has 0 spiro atoms. The highest BCUT2D eigenvalue weighted by Crippen LogP contribution is 2.34. The molecule has 2 fully saturated rings. The van der Waals surface area contributed by atoms with Gasteiger partial charge in [0.05, 0.1) is 18.2 Å². The molecule has 0 aromatic carbocycles. The Balaban J connectivity index is 1.14. The summed E-state index contributed by atoms with van der Waals surface area (Å²) in [5, 5.41) is 3.71. The van der Waals surface area contributed by atoms with Gasteiger partial charge in [-0.3, -0.25) is 19.3 Å². The van der Waals surface area contributed by atoms with Crippen LogP contribution in [-0.2, 0) is 9.53 Å². The fraction of sp³-hybridized carbons (Fsp3) is 0.640. The Kier molecular flexibility index (Phi) is 8.30. The van der Waals surface area contributed by atoms with Crippen molar-refractivity contribution in [3.8, 4) is 0 Å². The minimum Gasteiger partial charge on any atom is -0.449 e. The first-order valence-corrected chi connectivity index (χ1v) is 12.5. The quantitative estimate of drug-likeness (QED) is 0.518. The minimum absolute atomic E-state index is 0.193. The number of hydrogen-bond donors (Lipinski definition) is 1. The van der Waals surface area contributed by atoms with E-state index in [1.165, 1.54) is 0 Å². The number of carbonyl (C=O) groups is 2. The second-order valence-corrected chi connectivity index (χ2v) is 9.54. The van der Waals surface area contributed by atoms with Gasteiger partial charge in [-0.1, -0.05) is 25.7 Å². The van der Waals surface area contributed by atoms with E-state index >= 15 is 0 Å². The minimum atomic E-state index is -4.71. The number of halogens is 3. The Labute approximate surface area is 202 Å². The number of nitrogens with one attached hydrogen (secondary N) is 1. The summed E-state index contributed by atoms with van der Waals surface area (Å²) in [5.74, 6) is -0.393. The fourth-order valence-electron chi connectivity index (χ4n) is 5.21. The molecule has 2 aromatic heterocycles. The number of carbonyl (C=O) groups excluding carboxylic acids is 2. The van der Waals surface area contributed by atoms with Crippen LogP contribution in [0.2, 0.25) is 0 Å². The number of pyridine rings is 1. The summed E-state index contributed by atoms with van der Waals surface area (Å²) in [6, 6.07) is 3.49. The van der Waals surface area contributed by atoms with Crippen LogP contribution >= 0.6 is 0 Å². The number of piperidine rings is 1. The van der Waals surface area contributed by atoms with E-state index in [0.717, 1.165) is 43.9 Å². The zero-order valence-electron chi connectivity index (χ0n) is 19.7. The first-order valence-electron chi connectivity index (χ1n) is 12.5. The molecule has 2 unspecified atom stereocenters. The molecule has 3 heterocycles. The lowest BCUT2D eigenvalue weighted by Gasteiger charge is -2.38. The number of unbranched alkanes of at least 4 members (excludes halogenated alkanes) is 1. The van der Waals surface area contributed by atoms with Crippen LogP contribution in [0.3, 0.4) is 0 Å². The smallest absolute Gasteiger partial charge is 0.449 e. The van der Waals surface area contributed by atoms with Crippen LogP contribution in [0.4, 0.5) is 13.2 Å². The van der Waals surface area contributed by atoms with Crippen LogP contribution in [0.5, 0.6) is 0 Å². The Bertz CT molecular complexity index is 968. The van der Waals surface area contributed by atoms with Crippen LogP contribution < -0.4 is 5.32 Å². The van der Waals surface area contributed by atoms with Gasteiger partial charge in [-0.25, -0.2) is 0 Å². The zero-order valence-corrected chi connectivity index (χ0v) is 19.7. The first-order chi connectivity index (χ1) is 16.8. The van der Waals surface area contributed by atoms with Gasteiger partial charge >= 0.3 is 6.36 Å². The molecule has 4 rings (SSSR count). The number of fused-ring (bicyclic) bond motifs is 1. The summed E-state index contributed by atoms with van der Waals surface area (Å²) in [6.45, 7) is 1.71. The topological polar surface area (TPSA) is 84.7 Å². The lowest BCUT2D eigenvalue weighted by atomic mass is 9.84. The fourth-order valence-corrected chi connectivity index (χ4v) is 5.21. The van der Waals surface area contributed by atoms with Crippen molar-refractivity contribution in [2.24, 2.45) is 11.8 Å². The molecule has 1 aliphatic carbocycles. The molecule has 35 heavy (non-hydrogen) atoms. The van der Waals surface area contributed by atoms with Gasteiger partial charge in [-0.15, -0.1) is 13.2 Å². The van der Waals surface area contributed by atoms with Gasteiger partial charge in [-0.05, 0) is 50.2 Å². The van der Waals surface area contributed by atoms with Crippen molar-refractivity contribution in [2.45, 2.75) is 70.3 Å². The number of nitrogens with zero attached hydrogens (tertiary/aromatic N) is 2. The molecular weight excluding hydrogens is 463 g/mol. The average molecular weight is 496 g/mol. The van der Waals surface area contributed by atoms with Crippen molar-refractivity contribution in [1.29, 1.82) is 0 Å². The molecule has 1 aliphatic heterocycles. The number of likely N-dealkylation sites (tertiary alicyclic amines) is 1. The van der Waals surface area contributed by atoms with Crippen LogP contribution in [0, 0.1) is 11.8 Å². The third kappa shape index (κ3) is 6.96. The molecule has 0 radical (unpaired) electrons. The van der Waals surface area contributed by atoms with Crippen LogP contribution in [-0.4, -0.2) is 53.8 Å². The van der Waals surface area contributed by atoms with Crippen molar-refractivity contribution in [1.82, 2.24) is 15.2 Å². The maximum absolute atomic E-state index is 12.9. The highest BCUT2D eigenvalue weighted by Gasteiger charge is 2.42. The predicted molar refractivity (Wildman–Crippen MR) is 122 cm³/mol. The molecule has 2 atom stereocenters. The normalized spacial score (nSPS) is 21.9. The number of aromatic nitrogens is 1. The summed E-state index contributed by atoms with van der Waals surface area (Å²) >= 11 is 0. The second kappa shape index (κ2) is 11.4. The summed E-state index contributed by atoms with van der Waals surface area (Å²) in [5.41, 5.74) is 0.578. The molecule has 1 saturated heterocycles. The highest BCUT2D eigenvalue weighted by atomic mass is 19.4. The van der Waals surface area contributed by atoms with E-state index in [4.69, 9.17) is 4.42 Å². The predicted octanol–water partition coefficient (Wildman–Crippen LogP) is 5.06. The lowest BCUT2D eigenvalue weighted by molar-refractivity contribution is -0.349. The maximum atomic E-state index is 12.9. The highest BCUT2D eigenvalue weighted by molar-refractivity contribution is 5.95. The van der Waals surface area contributed by atoms with Crippen LogP contribution in [0.15, 0.2) is 28.9 Å². The Morgan fingerprint density at radius 2 is 1.91 bits per heavy atom. The number of rotatable bonds is 8. The Morgan fingerprint density at radius 3 is 2.66 bits per heavy atom. The molecule has 10 heteroatoms. The SMILES string of the molecule is O=C(NCCCCC1CCN(C(=O)C2CCCCC2OC(F)(F)F)CC1)c1cc2ccncc2o1. The average Bonchev–Trinajstić information content (AvgIpc) is 3.28. The van der Waals surface area contributed by atoms with E-state index in [1.54, 1.807) is 29.4 Å². The molecular formula is C25H32F3N3O4. The van der Waals surface area contributed by atoms with Crippen molar-refractivity contribution in [3.05, 3.63) is 30.3 Å². The Hall–Kier alpha value is -2.62. The first kappa shape index (κ1) is 25.5. The van der Waals surface area contributed by atoms with Crippen molar-refractivity contribution in [2.75, 3.05) is 19.6 Å². The molecule has 2 amide bonds. The van der Waals surface area contributed by atoms with Gasteiger partial charge in [0.15, 0.2) is 11.3 Å². The number of hydrogen-bond acceptors (Lipinski definition) is 5. The van der Waals surface area contributed by atoms with Gasteiger partial charge in [0.2, 0.25) is 5.91 Å². The van der Waals surface area contributed by atoms with E-state index in [9.17, 15) is 22.8 Å². The third-order valence-corrected chi connectivity index (χ3v) is 7.10. The van der Waals surface area contributed by atoms with E-state index in [0.29, 0.717) is 44.0 Å². The number of ether oxygens (including phenoxy) is 1. The summed E-state index contributed by atoms with van der Waals surface area (Å²) in [7, 11) is 0. The van der Waals surface area contributed by atoms with E-state index < -0.39 is 18.4 Å².